The Kier molecular flexibility index (Phi) is 29.9. The first-order chi connectivity index (χ1) is 29.8. The fraction of sp³-hybridized carbons (Fsp3) is 0.958. The molecule has 2 heterocycles. The zero-order valence-corrected chi connectivity index (χ0v) is 40.2. The number of unbranched alkanes of at least 4 members (excludes halogenated alkanes) is 16. The summed E-state index contributed by atoms with van der Waals surface area (Å²) in [6, 6.07) is -0.188. The third-order valence-corrected chi connectivity index (χ3v) is 13.6. The van der Waals surface area contributed by atoms with Gasteiger partial charge in [-0.2, -0.15) is 0 Å². The van der Waals surface area contributed by atoms with Gasteiger partial charge in [-0.3, -0.25) is 9.69 Å². The van der Waals surface area contributed by atoms with Gasteiger partial charge in [0.25, 0.3) is 11.7 Å². The van der Waals surface area contributed by atoms with Crippen molar-refractivity contribution in [1.29, 1.82) is 0 Å². The van der Waals surface area contributed by atoms with Gasteiger partial charge in [-0.25, -0.2) is 4.90 Å². The monoisotopic (exact) mass is 907 g/mol. The minimum Gasteiger partial charge on any atom is -0.464 e. The molecule has 2 aliphatic heterocycles. The van der Waals surface area contributed by atoms with Crippen molar-refractivity contribution in [3.63, 3.8) is 0 Å². The van der Waals surface area contributed by atoms with E-state index < -0.39 is 28.9 Å². The summed E-state index contributed by atoms with van der Waals surface area (Å²) in [5.41, 5.74) is -0.499. The summed E-state index contributed by atoms with van der Waals surface area (Å²) < 4.78 is 11.4. The molecule has 63 heavy (non-hydrogen) atoms. The van der Waals surface area contributed by atoms with Crippen molar-refractivity contribution in [2.24, 2.45) is 17.3 Å². The first kappa shape index (κ1) is 59.7. The van der Waals surface area contributed by atoms with Gasteiger partial charge in [0.05, 0.1) is 18.6 Å². The van der Waals surface area contributed by atoms with Crippen LogP contribution >= 0.6 is 0 Å². The molecule has 0 aromatic carbocycles. The summed E-state index contributed by atoms with van der Waals surface area (Å²) in [6.45, 7) is 10.3. The van der Waals surface area contributed by atoms with Gasteiger partial charge in [-0.1, -0.05) is 156 Å². The number of nitrogens with zero attached hydrogens (tertiary/aromatic N) is 2. The number of rotatable bonds is 35. The molecular weight excluding hydrogens is 813 g/mol. The van der Waals surface area contributed by atoms with E-state index in [0.29, 0.717) is 44.9 Å². The van der Waals surface area contributed by atoms with Crippen LogP contribution in [0.3, 0.4) is 0 Å². The van der Waals surface area contributed by atoms with Crippen LogP contribution in [0, 0.1) is 17.3 Å². The highest BCUT2D eigenvalue weighted by molar-refractivity contribution is 5.72. The van der Waals surface area contributed by atoms with Crippen LogP contribution in [0.4, 0.5) is 0 Å². The first-order valence-corrected chi connectivity index (χ1v) is 25.0. The molecule has 15 nitrogen and oxygen atoms in total. The lowest BCUT2D eigenvalue weighted by Gasteiger charge is -2.48. The van der Waals surface area contributed by atoms with E-state index in [1.54, 1.807) is 7.11 Å². The molecule has 1 atom stereocenters. The first-order valence-electron chi connectivity index (χ1n) is 25.0. The standard InChI is InChI=1S/C32H62N2O12.C16H32O/c1-4-6-8-10-12-14-25(15-13-11-9-7-5-2)27(35)46-23-26(22-45-3)33-19-16-28(17-20-33)18-21-34(24-28)31(40,41)29(36,37)30(38,39)32(42,43)44;1-3-5-7-9-11-13-16(15-17)14-12-10-8-6-4-2/h25-26,36-44H,4-24H2,1-3H3;15-16H,3-14H2,1-2H3. The smallest absolute Gasteiger partial charge is 0.338 e. The van der Waals surface area contributed by atoms with Crippen molar-refractivity contribution in [2.75, 3.05) is 46.5 Å². The maximum Gasteiger partial charge on any atom is 0.338 e. The summed E-state index contributed by atoms with van der Waals surface area (Å²) in [7, 11) is 1.59. The van der Waals surface area contributed by atoms with Gasteiger partial charge in [0, 0.05) is 26.1 Å². The number of esters is 1. The maximum absolute atomic E-state index is 13.3. The molecule has 0 aliphatic carbocycles. The predicted octanol–water partition coefficient (Wildman–Crippen LogP) is 5.82. The fourth-order valence-electron chi connectivity index (χ4n) is 9.08. The van der Waals surface area contributed by atoms with Gasteiger partial charge < -0.3 is 60.2 Å². The Hall–Kier alpha value is -1.34. The topological polar surface area (TPSA) is 241 Å². The number of aliphatic hydroxyl groups is 9. The Morgan fingerprint density at radius 3 is 1.40 bits per heavy atom. The quantitative estimate of drug-likeness (QED) is 0.0158. The van der Waals surface area contributed by atoms with Crippen LogP contribution in [0.1, 0.15) is 201 Å². The SMILES string of the molecule is CCCCCCCC(C=O)CCCCCCC.CCCCCCCC(CCCCCCC)C(=O)OCC(COC)N1CCC2(CC1)CCN(C(O)(O)C(O)(O)C(O)(O)C(O)(O)O)C2. The van der Waals surface area contributed by atoms with Gasteiger partial charge in [0.2, 0.25) is 0 Å². The number of carbonyl (C=O) groups excluding carboxylic acids is 2. The number of carbonyl (C=O) groups is 2. The molecule has 0 amide bonds. The molecule has 2 saturated heterocycles. The third-order valence-electron chi connectivity index (χ3n) is 13.6. The van der Waals surface area contributed by atoms with E-state index in [1.165, 1.54) is 109 Å². The number of methoxy groups -OCH3 is 1. The second-order valence-electron chi connectivity index (χ2n) is 19.0. The van der Waals surface area contributed by atoms with Crippen molar-refractivity contribution < 1.29 is 65.0 Å². The Morgan fingerprint density at radius 2 is 1.00 bits per heavy atom. The van der Waals surface area contributed by atoms with Crippen LogP contribution in [0.5, 0.6) is 0 Å². The van der Waals surface area contributed by atoms with E-state index >= 15 is 0 Å². The predicted molar refractivity (Wildman–Crippen MR) is 243 cm³/mol. The number of aldehydes is 1. The minimum atomic E-state index is -4.55. The Labute approximate surface area is 380 Å². The Morgan fingerprint density at radius 1 is 0.587 bits per heavy atom. The molecule has 0 bridgehead atoms. The zero-order valence-electron chi connectivity index (χ0n) is 40.2. The normalized spacial score (nSPS) is 17.1. The van der Waals surface area contributed by atoms with Crippen LogP contribution in [-0.4, -0.2) is 144 Å². The lowest BCUT2D eigenvalue weighted by atomic mass is 9.77. The number of likely N-dealkylation sites (tertiary alicyclic amines) is 2. The molecule has 2 aliphatic rings. The van der Waals surface area contributed by atoms with Crippen molar-refractivity contribution >= 4 is 12.3 Å². The van der Waals surface area contributed by atoms with Crippen LogP contribution in [0.2, 0.25) is 0 Å². The lowest BCUT2D eigenvalue weighted by molar-refractivity contribution is -0.557. The fourth-order valence-corrected chi connectivity index (χ4v) is 9.08. The summed E-state index contributed by atoms with van der Waals surface area (Å²) in [5.74, 6) is -17.1. The van der Waals surface area contributed by atoms with E-state index in [-0.39, 0.29) is 37.6 Å². The number of hydrogen-bond acceptors (Lipinski definition) is 15. The molecule has 374 valence electrons. The van der Waals surface area contributed by atoms with Crippen molar-refractivity contribution in [3.8, 4) is 0 Å². The largest absolute Gasteiger partial charge is 0.464 e. The van der Waals surface area contributed by atoms with Crippen LogP contribution in [-0.2, 0) is 19.1 Å². The number of piperidine rings is 1. The molecule has 2 rings (SSSR count). The van der Waals surface area contributed by atoms with Crippen LogP contribution < -0.4 is 0 Å². The van der Waals surface area contributed by atoms with Gasteiger partial charge >= 0.3 is 17.7 Å². The van der Waals surface area contributed by atoms with E-state index in [0.717, 1.165) is 56.3 Å². The van der Waals surface area contributed by atoms with E-state index in [2.05, 4.69) is 32.6 Å². The van der Waals surface area contributed by atoms with Crippen molar-refractivity contribution in [3.05, 3.63) is 0 Å². The van der Waals surface area contributed by atoms with Crippen molar-refractivity contribution in [1.82, 2.24) is 9.80 Å². The maximum atomic E-state index is 13.3. The van der Waals surface area contributed by atoms with Crippen LogP contribution in [0.25, 0.3) is 0 Å². The van der Waals surface area contributed by atoms with E-state index in [9.17, 15) is 55.5 Å². The highest BCUT2D eigenvalue weighted by Gasteiger charge is 2.73. The summed E-state index contributed by atoms with van der Waals surface area (Å²) in [6.07, 6.45) is 31.1. The highest BCUT2D eigenvalue weighted by Crippen LogP contribution is 2.45. The van der Waals surface area contributed by atoms with E-state index in [1.807, 2.05) is 0 Å². The van der Waals surface area contributed by atoms with E-state index in [4.69, 9.17) is 9.47 Å². The number of ether oxygens (including phenoxy) is 2. The molecule has 9 N–H and O–H groups in total. The second-order valence-corrected chi connectivity index (χ2v) is 19.0. The average molecular weight is 907 g/mol. The van der Waals surface area contributed by atoms with Gasteiger partial charge in [0.1, 0.15) is 12.9 Å². The average Bonchev–Trinajstić information content (AvgIpc) is 3.67. The van der Waals surface area contributed by atoms with Crippen LogP contribution in [0.15, 0.2) is 0 Å². The molecule has 0 saturated carbocycles. The van der Waals surface area contributed by atoms with Crippen molar-refractivity contribution in [2.45, 2.75) is 231 Å². The van der Waals surface area contributed by atoms with Gasteiger partial charge in [0.15, 0.2) is 0 Å². The third kappa shape index (κ3) is 20.6. The minimum absolute atomic E-state index is 0.0931. The molecule has 15 heteroatoms. The lowest BCUT2D eigenvalue weighted by Crippen LogP contribution is -2.79. The molecular formula is C48H94N2O13. The highest BCUT2D eigenvalue weighted by atomic mass is 16.8. The molecule has 1 unspecified atom stereocenters. The molecule has 1 spiro atoms. The molecule has 0 radical (unpaired) electrons. The number of hydrogen-bond donors (Lipinski definition) is 9. The van der Waals surface area contributed by atoms with Gasteiger partial charge in [-0.15, -0.1) is 0 Å². The molecule has 0 aromatic rings. The Balaban J connectivity index is 0.000000980. The molecule has 0 aromatic heterocycles. The van der Waals surface area contributed by atoms with Gasteiger partial charge in [-0.05, 0) is 63.5 Å². The Bertz CT molecular complexity index is 1150. The second kappa shape index (κ2) is 31.6. The molecule has 2 fully saturated rings. The zero-order chi connectivity index (χ0) is 47.4. The summed E-state index contributed by atoms with van der Waals surface area (Å²) in [5, 5.41) is 88.7. The summed E-state index contributed by atoms with van der Waals surface area (Å²) >= 11 is 0. The summed E-state index contributed by atoms with van der Waals surface area (Å²) in [4.78, 5) is 27.2.